The van der Waals surface area contributed by atoms with Gasteiger partial charge in [0.2, 0.25) is 11.7 Å². The number of carbonyl (C=O) groups is 2. The summed E-state index contributed by atoms with van der Waals surface area (Å²) in [6.07, 6.45) is 0.829. The maximum absolute atomic E-state index is 14.2. The molecule has 0 unspecified atom stereocenters. The van der Waals surface area contributed by atoms with E-state index in [0.29, 0.717) is 30.4 Å². The molecule has 0 radical (unpaired) electrons. The Bertz CT molecular complexity index is 2100. The predicted molar refractivity (Wildman–Crippen MR) is 181 cm³/mol. The number of pyridine rings is 2. The van der Waals surface area contributed by atoms with Crippen molar-refractivity contribution >= 4 is 57.7 Å². The van der Waals surface area contributed by atoms with E-state index in [9.17, 15) is 32.7 Å². The summed E-state index contributed by atoms with van der Waals surface area (Å²) in [7, 11) is 1.64. The fourth-order valence-electron chi connectivity index (χ4n) is 6.18. The highest BCUT2D eigenvalue weighted by molar-refractivity contribution is 6.32. The Kier molecular flexibility index (Phi) is 10.2. The number of nitrogens with one attached hydrogen (secondary N) is 1. The summed E-state index contributed by atoms with van der Waals surface area (Å²) in [5.41, 5.74) is -0.499. The standard InChI is InChI=1S/C32H32Cl2F3N9O5/c1-3-21-25(43-12-14-44(15-13-43)29(49)24-26(48)19(33)10-11-38-24)30(50)46-31(41-28(42-46)17-4-6-18(51-2)7-5-17)45(21)16-23(47)39-20-8-9-22(32(35,36)37)40-27(20)34/h4,8-11,18,48H,3,5-7,12-16H2,1-2H3,(H,39,47)/t18-/m1/s1. The van der Waals surface area contributed by atoms with Gasteiger partial charge in [-0.15, -0.1) is 5.10 Å². The third-order valence-electron chi connectivity index (χ3n) is 8.82. The van der Waals surface area contributed by atoms with Gasteiger partial charge in [0.05, 0.1) is 22.5 Å². The van der Waals surface area contributed by atoms with E-state index in [1.807, 2.05) is 6.08 Å². The molecule has 0 saturated carbocycles. The van der Waals surface area contributed by atoms with Crippen molar-refractivity contribution in [3.05, 3.63) is 73.9 Å². The van der Waals surface area contributed by atoms with Crippen LogP contribution in [-0.4, -0.2) is 90.3 Å². The highest BCUT2D eigenvalue weighted by Crippen LogP contribution is 2.32. The van der Waals surface area contributed by atoms with Crippen LogP contribution in [-0.2, 0) is 28.7 Å². The number of piperazine rings is 1. The van der Waals surface area contributed by atoms with Crippen molar-refractivity contribution in [3.8, 4) is 5.75 Å². The number of allylic oxidation sites excluding steroid dienone is 1. The highest BCUT2D eigenvalue weighted by Gasteiger charge is 2.34. The molecule has 1 saturated heterocycles. The van der Waals surface area contributed by atoms with Gasteiger partial charge in [-0.25, -0.2) is 9.97 Å². The number of fused-ring (bicyclic) bond motifs is 1. The summed E-state index contributed by atoms with van der Waals surface area (Å²) < 4.78 is 47.6. The van der Waals surface area contributed by atoms with Crippen LogP contribution in [0.5, 0.6) is 5.75 Å². The molecule has 2 amide bonds. The summed E-state index contributed by atoms with van der Waals surface area (Å²) in [5, 5.41) is 16.8. The summed E-state index contributed by atoms with van der Waals surface area (Å²) in [5.74, 6) is -1.21. The predicted octanol–water partition coefficient (Wildman–Crippen LogP) is 4.46. The molecule has 0 bridgehead atoms. The van der Waals surface area contributed by atoms with Gasteiger partial charge in [-0.05, 0) is 49.5 Å². The Morgan fingerprint density at radius 3 is 2.49 bits per heavy atom. The smallest absolute Gasteiger partial charge is 0.433 e. The van der Waals surface area contributed by atoms with Crippen LogP contribution >= 0.6 is 23.2 Å². The molecule has 4 aromatic rings. The summed E-state index contributed by atoms with van der Waals surface area (Å²) in [6, 6.07) is 3.09. The Labute approximate surface area is 298 Å². The first kappa shape index (κ1) is 36.1. The molecule has 19 heteroatoms. The number of methoxy groups -OCH3 is 1. The lowest BCUT2D eigenvalue weighted by atomic mass is 9.97. The Morgan fingerprint density at radius 1 is 1.12 bits per heavy atom. The largest absolute Gasteiger partial charge is 0.504 e. The Morgan fingerprint density at radius 2 is 1.86 bits per heavy atom. The van der Waals surface area contributed by atoms with E-state index in [0.717, 1.165) is 22.6 Å². The molecule has 51 heavy (non-hydrogen) atoms. The van der Waals surface area contributed by atoms with E-state index in [2.05, 4.69) is 20.4 Å². The third-order valence-corrected chi connectivity index (χ3v) is 9.41. The zero-order valence-electron chi connectivity index (χ0n) is 27.4. The lowest BCUT2D eigenvalue weighted by Gasteiger charge is -2.36. The Balaban J connectivity index is 1.35. The van der Waals surface area contributed by atoms with Gasteiger partial charge >= 0.3 is 6.18 Å². The number of hydrogen-bond acceptors (Lipinski definition) is 10. The first-order chi connectivity index (χ1) is 24.3. The lowest BCUT2D eigenvalue weighted by Crippen LogP contribution is -2.51. The topological polar surface area (TPSA) is 160 Å². The second-order valence-electron chi connectivity index (χ2n) is 11.9. The molecule has 14 nitrogen and oxygen atoms in total. The van der Waals surface area contributed by atoms with Crippen LogP contribution in [0.25, 0.3) is 11.4 Å². The quantitative estimate of drug-likeness (QED) is 0.246. The second-order valence-corrected chi connectivity index (χ2v) is 12.7. The number of alkyl halides is 3. The molecule has 270 valence electrons. The molecule has 6 rings (SSSR count). The number of aromatic nitrogens is 6. The number of anilines is 2. The minimum Gasteiger partial charge on any atom is -0.504 e. The highest BCUT2D eigenvalue weighted by atomic mass is 35.5. The monoisotopic (exact) mass is 749 g/mol. The first-order valence-electron chi connectivity index (χ1n) is 16.0. The molecular weight excluding hydrogens is 718 g/mol. The van der Waals surface area contributed by atoms with Crippen molar-refractivity contribution in [2.45, 2.75) is 51.4 Å². The average Bonchev–Trinajstić information content (AvgIpc) is 3.57. The molecule has 2 aliphatic rings. The van der Waals surface area contributed by atoms with Crippen LogP contribution in [0.2, 0.25) is 10.2 Å². The van der Waals surface area contributed by atoms with E-state index in [4.69, 9.17) is 32.9 Å². The van der Waals surface area contributed by atoms with E-state index in [1.165, 1.54) is 17.2 Å². The zero-order valence-corrected chi connectivity index (χ0v) is 28.9. The van der Waals surface area contributed by atoms with Gasteiger partial charge in [0.25, 0.3) is 11.5 Å². The van der Waals surface area contributed by atoms with Crippen LogP contribution in [0.1, 0.15) is 53.9 Å². The molecule has 4 aromatic heterocycles. The van der Waals surface area contributed by atoms with E-state index in [1.54, 1.807) is 23.5 Å². The molecular formula is C32H32Cl2F3N9O5. The van der Waals surface area contributed by atoms with Crippen molar-refractivity contribution in [1.82, 2.24) is 34.0 Å². The number of carbonyl (C=O) groups excluding carboxylic acids is 2. The molecule has 1 aliphatic carbocycles. The van der Waals surface area contributed by atoms with Crippen molar-refractivity contribution in [2.24, 2.45) is 0 Å². The third kappa shape index (κ3) is 7.23. The maximum Gasteiger partial charge on any atom is 0.433 e. The molecule has 0 spiro atoms. The van der Waals surface area contributed by atoms with Crippen LogP contribution in [0.15, 0.2) is 35.3 Å². The SMILES string of the molecule is CCc1c(N2CCN(C(=O)c3nccc(Cl)c3O)CC2)c(=O)n2nc(C3=CC[C@@H](OC)CC3)nc2n1CC(=O)Nc1ccc(C(F)(F)F)nc1Cl. The number of ether oxygens (including phenoxy) is 1. The van der Waals surface area contributed by atoms with E-state index < -0.39 is 46.7 Å². The molecule has 5 heterocycles. The fraction of sp³-hybridized carbons (Fsp3) is 0.406. The van der Waals surface area contributed by atoms with Gasteiger partial charge in [-0.1, -0.05) is 36.2 Å². The second kappa shape index (κ2) is 14.5. The maximum atomic E-state index is 14.2. The number of hydrogen-bond donors (Lipinski definition) is 2. The summed E-state index contributed by atoms with van der Waals surface area (Å²) in [6.45, 7) is 2.17. The van der Waals surface area contributed by atoms with Gasteiger partial charge in [0, 0.05) is 39.5 Å². The number of halogens is 5. The lowest BCUT2D eigenvalue weighted by molar-refractivity contribution is -0.141. The minimum absolute atomic E-state index is 0.0102. The van der Waals surface area contributed by atoms with Gasteiger partial charge in [-0.3, -0.25) is 14.4 Å². The molecule has 1 aliphatic heterocycles. The van der Waals surface area contributed by atoms with Gasteiger partial charge in [-0.2, -0.15) is 22.7 Å². The van der Waals surface area contributed by atoms with Crippen LogP contribution < -0.4 is 15.8 Å². The van der Waals surface area contributed by atoms with Crippen LogP contribution in [0.3, 0.4) is 0 Å². The Hall–Kier alpha value is -4.74. The minimum atomic E-state index is -4.73. The zero-order chi connectivity index (χ0) is 36.6. The fourth-order valence-corrected chi connectivity index (χ4v) is 6.53. The van der Waals surface area contributed by atoms with Crippen molar-refractivity contribution in [1.29, 1.82) is 0 Å². The summed E-state index contributed by atoms with van der Waals surface area (Å²) >= 11 is 12.0. The van der Waals surface area contributed by atoms with Crippen LogP contribution in [0.4, 0.5) is 24.5 Å². The number of nitrogens with zero attached hydrogens (tertiary/aromatic N) is 8. The van der Waals surface area contributed by atoms with E-state index in [-0.39, 0.29) is 66.6 Å². The van der Waals surface area contributed by atoms with Crippen molar-refractivity contribution < 1.29 is 32.6 Å². The number of aromatic hydroxyl groups is 1. The van der Waals surface area contributed by atoms with E-state index >= 15 is 0 Å². The average molecular weight is 751 g/mol. The van der Waals surface area contributed by atoms with Gasteiger partial charge in [0.1, 0.15) is 17.9 Å². The van der Waals surface area contributed by atoms with Crippen LogP contribution in [0, 0.1) is 0 Å². The van der Waals surface area contributed by atoms with Gasteiger partial charge < -0.3 is 29.5 Å². The summed E-state index contributed by atoms with van der Waals surface area (Å²) in [4.78, 5) is 56.2. The van der Waals surface area contributed by atoms with Crippen molar-refractivity contribution in [2.75, 3.05) is 43.5 Å². The normalized spacial score (nSPS) is 16.8. The van der Waals surface area contributed by atoms with Crippen molar-refractivity contribution in [3.63, 3.8) is 0 Å². The molecule has 1 fully saturated rings. The molecule has 1 atom stereocenters. The number of amides is 2. The molecule has 0 aromatic carbocycles. The first-order valence-corrected chi connectivity index (χ1v) is 16.7. The molecule has 2 N–H and O–H groups in total. The van der Waals surface area contributed by atoms with Gasteiger partial charge in [0.15, 0.2) is 22.4 Å². The number of rotatable bonds is 8.